The van der Waals surface area contributed by atoms with E-state index >= 15 is 0 Å². The highest BCUT2D eigenvalue weighted by Crippen LogP contribution is 2.40. The molecule has 9 aliphatic rings. The average molecular weight is 1440 g/mol. The molecule has 105 heavy (non-hydrogen) atoms. The van der Waals surface area contributed by atoms with E-state index in [0.29, 0.717) is 84.8 Å². The molecule has 7 N–H and O–H groups in total. The first-order chi connectivity index (χ1) is 50.9. The molecule has 558 valence electrons. The molecule has 0 unspecified atom stereocenters. The van der Waals surface area contributed by atoms with Crippen LogP contribution in [0, 0.1) is 29.6 Å². The zero-order valence-electron chi connectivity index (χ0n) is 60.5. The number of aromatic nitrogens is 5. The number of hydrogen-bond donors (Lipinski definition) is 6. The molecule has 5 amide bonds. The number of carbonyl (C=O) groups excluding carboxylic acids is 7. The third kappa shape index (κ3) is 18.9. The van der Waals surface area contributed by atoms with E-state index < -0.39 is 0 Å². The van der Waals surface area contributed by atoms with Crippen LogP contribution in [0.2, 0.25) is 0 Å². The molecule has 6 aliphatic heterocycles. The molecule has 0 bridgehead atoms. The standard InChI is InChI=1S/C26H33N5O4.C25H30N6O3.C15H16N4O3.C11H20N2O/c1-30-9-7-21(8-10-30)31-15-20(16-31)26(34)28-27-25(33)19-11-17(12-19)13-23(32)24-14-22(29-35-24)18-5-3-2-4-6-18;1-30-9-7-20(8-10-30)31-14-18(15-31)25-28-27-24(33-25)17-11-19(12-17)26-23(32)22-13-21(29-34-22)16-5-3-2-4-6-16;16-18-14(20)10-6-11(7-10)17-15(21)13-8-12(19-22-13)9-4-2-1-3-5-9;1-9(14)10-7-13(8-10)11-3-5-12(2)6-4-11/h2-6,14,17,19-21H,7-13,15-16H2,1H3,(H,27,33)(H,28,34);2-6,13,17-20H,7-12,14-15H2,1H3,(H,26,32);1-5,8,10-11H,6-7,16H2,(H,17,21)(H,18,20);10-11H,3-8H2,1-2H3. The van der Waals surface area contributed by atoms with Gasteiger partial charge >= 0.3 is 0 Å². The van der Waals surface area contributed by atoms with Crippen LogP contribution in [-0.4, -0.2) is 226 Å². The number of amides is 5. The molecular weight excluding hydrogens is 1340 g/mol. The number of nitrogens with two attached hydrogens (primary N) is 1. The summed E-state index contributed by atoms with van der Waals surface area (Å²) < 4.78 is 21.6. The fourth-order valence-electron chi connectivity index (χ4n) is 15.4. The van der Waals surface area contributed by atoms with Gasteiger partial charge in [-0.2, -0.15) is 0 Å². The number of benzene rings is 3. The van der Waals surface area contributed by atoms with Crippen molar-refractivity contribution in [3.05, 3.63) is 138 Å². The van der Waals surface area contributed by atoms with Gasteiger partial charge in [-0.25, -0.2) is 5.84 Å². The maximum absolute atomic E-state index is 12.6. The molecule has 7 aromatic rings. The average Bonchev–Trinajstić information content (AvgIpc) is 1.72. The first kappa shape index (κ1) is 74.1. The second-order valence-corrected chi connectivity index (χ2v) is 30.3. The Morgan fingerprint density at radius 1 is 0.448 bits per heavy atom. The van der Waals surface area contributed by atoms with Crippen LogP contribution < -0.4 is 32.8 Å². The molecule has 3 aliphatic carbocycles. The summed E-state index contributed by atoms with van der Waals surface area (Å²) in [4.78, 5) is 98.9. The number of nitrogens with zero attached hydrogens (tertiary/aromatic N) is 11. The van der Waals surface area contributed by atoms with Crippen LogP contribution >= 0.6 is 0 Å². The molecule has 0 spiro atoms. The summed E-state index contributed by atoms with van der Waals surface area (Å²) in [5, 5.41) is 26.4. The monoisotopic (exact) mass is 1440 g/mol. The van der Waals surface area contributed by atoms with E-state index in [1.165, 1.54) is 51.9 Å². The Kier molecular flexibility index (Phi) is 24.3. The number of likely N-dealkylation sites (tertiary alicyclic amines) is 6. The van der Waals surface area contributed by atoms with Crippen molar-refractivity contribution in [2.75, 3.05) is 99.7 Å². The van der Waals surface area contributed by atoms with Crippen molar-refractivity contribution in [2.24, 2.45) is 35.4 Å². The second-order valence-electron chi connectivity index (χ2n) is 30.3. The fraction of sp³-hybridized carbons (Fsp3) is 0.532. The van der Waals surface area contributed by atoms with E-state index in [-0.39, 0.29) is 94.3 Å². The molecule has 0 atom stereocenters. The van der Waals surface area contributed by atoms with E-state index in [0.717, 1.165) is 107 Å². The third-order valence-corrected chi connectivity index (χ3v) is 22.8. The number of Topliss-reactive ketones (excluding diaryl/α,β-unsaturated/α-hetero) is 2. The minimum absolute atomic E-state index is 0.0416. The van der Waals surface area contributed by atoms with Gasteiger partial charge < -0.3 is 43.3 Å². The van der Waals surface area contributed by atoms with Gasteiger partial charge in [-0.1, -0.05) is 106 Å². The lowest BCUT2D eigenvalue weighted by Crippen LogP contribution is -2.60. The normalized spacial score (nSPS) is 23.7. The predicted molar refractivity (Wildman–Crippen MR) is 388 cm³/mol. The summed E-state index contributed by atoms with van der Waals surface area (Å²) in [6.07, 6.45) is 11.7. The smallest absolute Gasteiger partial charge is 0.290 e. The number of hydrogen-bond acceptors (Lipinski definition) is 23. The highest BCUT2D eigenvalue weighted by Gasteiger charge is 2.43. The van der Waals surface area contributed by atoms with Gasteiger partial charge in [-0.05, 0) is 150 Å². The number of carbonyl (C=O) groups is 7. The van der Waals surface area contributed by atoms with Gasteiger partial charge in [0.1, 0.15) is 22.9 Å². The number of ketones is 2. The Balaban J connectivity index is 0.000000130. The summed E-state index contributed by atoms with van der Waals surface area (Å²) in [5.41, 5.74) is 11.9. The van der Waals surface area contributed by atoms with Gasteiger partial charge in [0, 0.05) is 134 Å². The van der Waals surface area contributed by atoms with Gasteiger partial charge in [0.2, 0.25) is 52.6 Å². The lowest BCUT2D eigenvalue weighted by molar-refractivity contribution is -0.139. The molecular formula is C77H99N17O11. The summed E-state index contributed by atoms with van der Waals surface area (Å²) in [6, 6.07) is 35.7. The highest BCUT2D eigenvalue weighted by molar-refractivity contribution is 5.95. The van der Waals surface area contributed by atoms with Crippen LogP contribution in [0.5, 0.6) is 0 Å². The summed E-state index contributed by atoms with van der Waals surface area (Å²) in [6.45, 7) is 14.3. The minimum atomic E-state index is -0.328. The van der Waals surface area contributed by atoms with Crippen molar-refractivity contribution >= 4 is 41.1 Å². The van der Waals surface area contributed by atoms with Crippen LogP contribution in [0.1, 0.15) is 146 Å². The van der Waals surface area contributed by atoms with Gasteiger partial charge in [0.15, 0.2) is 0 Å². The van der Waals surface area contributed by atoms with Crippen molar-refractivity contribution in [1.82, 2.24) is 82.0 Å². The van der Waals surface area contributed by atoms with E-state index in [1.54, 1.807) is 25.1 Å². The maximum atomic E-state index is 12.6. The van der Waals surface area contributed by atoms with E-state index in [2.05, 4.69) is 103 Å². The molecule has 0 radical (unpaired) electrons. The Morgan fingerprint density at radius 3 is 1.25 bits per heavy atom. The Morgan fingerprint density at radius 2 is 0.819 bits per heavy atom. The zero-order valence-corrected chi connectivity index (χ0v) is 60.5. The molecule has 9 fully saturated rings. The van der Waals surface area contributed by atoms with E-state index in [4.69, 9.17) is 23.8 Å². The predicted octanol–water partition coefficient (Wildman–Crippen LogP) is 6.45. The zero-order chi connectivity index (χ0) is 73.1. The van der Waals surface area contributed by atoms with Crippen LogP contribution in [0.4, 0.5) is 0 Å². The van der Waals surface area contributed by atoms with Crippen molar-refractivity contribution < 1.29 is 51.5 Å². The number of hydrazine groups is 2. The SMILES string of the molecule is CC(=O)C1CN(C2CCN(C)CC2)C1.CN1CCC(N2CC(C(=O)NNC(=O)C3CC(CC(=O)c4cc(-c5ccccc5)no4)C3)C2)CC1.CN1CCC(N2CC(c3nnc(C4CC(NC(=O)c5cc(-c6ccccc6)no5)C4)o3)C2)CC1.NNC(=O)C1CC(NC(=O)c2cc(-c3ccccc3)no2)C1. The van der Waals surface area contributed by atoms with Crippen molar-refractivity contribution in [3.63, 3.8) is 0 Å². The molecule has 16 rings (SSSR count). The number of rotatable bonds is 19. The molecule has 3 saturated carbocycles. The second kappa shape index (κ2) is 34.4. The quantitative estimate of drug-likeness (QED) is 0.0219. The number of nitrogens with one attached hydrogen (secondary N) is 5. The van der Waals surface area contributed by atoms with Crippen molar-refractivity contribution in [2.45, 2.75) is 132 Å². The van der Waals surface area contributed by atoms with E-state index in [9.17, 15) is 33.6 Å². The van der Waals surface area contributed by atoms with Crippen LogP contribution in [0.25, 0.3) is 33.8 Å². The molecule has 28 heteroatoms. The third-order valence-electron chi connectivity index (χ3n) is 22.8. The first-order valence-electron chi connectivity index (χ1n) is 37.3. The molecule has 6 saturated heterocycles. The number of piperidine rings is 3. The molecule has 3 aromatic carbocycles. The van der Waals surface area contributed by atoms with Crippen LogP contribution in [0.3, 0.4) is 0 Å². The van der Waals surface area contributed by atoms with Crippen LogP contribution in [-0.2, 0) is 19.2 Å². The highest BCUT2D eigenvalue weighted by atomic mass is 16.5. The fourth-order valence-corrected chi connectivity index (χ4v) is 15.4. The Labute approximate surface area is 611 Å². The van der Waals surface area contributed by atoms with Gasteiger partial charge in [-0.15, -0.1) is 10.2 Å². The lowest BCUT2D eigenvalue weighted by Gasteiger charge is -2.46. The van der Waals surface area contributed by atoms with Crippen molar-refractivity contribution in [3.8, 4) is 33.8 Å². The van der Waals surface area contributed by atoms with E-state index in [1.807, 2.05) is 91.0 Å². The lowest BCUT2D eigenvalue weighted by atomic mass is 9.72. The molecule has 4 aromatic heterocycles. The minimum Gasteiger partial charge on any atom is -0.425 e. The van der Waals surface area contributed by atoms with Gasteiger partial charge in [-0.3, -0.25) is 64.5 Å². The largest absolute Gasteiger partial charge is 0.425 e. The first-order valence-corrected chi connectivity index (χ1v) is 37.3. The summed E-state index contributed by atoms with van der Waals surface area (Å²) >= 11 is 0. The van der Waals surface area contributed by atoms with Gasteiger partial charge in [0.05, 0.1) is 11.8 Å². The molecule has 10 heterocycles. The summed E-state index contributed by atoms with van der Waals surface area (Å²) in [7, 11) is 6.53. The van der Waals surface area contributed by atoms with Crippen molar-refractivity contribution in [1.29, 1.82) is 0 Å². The van der Waals surface area contributed by atoms with Gasteiger partial charge in [0.25, 0.3) is 11.8 Å². The Bertz CT molecular complexity index is 4030. The summed E-state index contributed by atoms with van der Waals surface area (Å²) in [5.74, 6) is 7.01. The Hall–Kier alpha value is -9.16. The van der Waals surface area contributed by atoms with Crippen LogP contribution in [0.15, 0.2) is 127 Å². The molecule has 28 nitrogen and oxygen atoms in total. The maximum Gasteiger partial charge on any atom is 0.290 e. The topological polar surface area (TPSA) is 342 Å².